The van der Waals surface area contributed by atoms with Crippen LogP contribution in [0.5, 0.6) is 0 Å². The number of ether oxygens (including phenoxy) is 1. The number of amides is 1. The smallest absolute Gasteiger partial charge is 0.410 e. The lowest BCUT2D eigenvalue weighted by Crippen LogP contribution is -2.45. The van der Waals surface area contributed by atoms with E-state index in [1.54, 1.807) is 0 Å². The lowest BCUT2D eigenvalue weighted by molar-refractivity contribution is 0.0717. The molecule has 2 aromatic carbocycles. The van der Waals surface area contributed by atoms with Crippen molar-refractivity contribution in [2.45, 2.75) is 32.0 Å². The molecule has 0 unspecified atom stereocenters. The van der Waals surface area contributed by atoms with E-state index in [4.69, 9.17) is 10.5 Å². The van der Waals surface area contributed by atoms with Gasteiger partial charge in [-0.05, 0) is 36.1 Å². The number of nitrogens with zero attached hydrogens (tertiary/aromatic N) is 1. The highest BCUT2D eigenvalue weighted by atomic mass is 16.6. The Bertz CT molecular complexity index is 657. The lowest BCUT2D eigenvalue weighted by Gasteiger charge is -2.36. The molecule has 4 nitrogen and oxygen atoms in total. The predicted octanol–water partition coefficient (Wildman–Crippen LogP) is 3.10. The van der Waals surface area contributed by atoms with E-state index in [9.17, 15) is 4.79 Å². The fraction of sp³-hybridized carbons (Fsp3) is 0.316. The van der Waals surface area contributed by atoms with Crippen molar-refractivity contribution in [3.8, 4) is 0 Å². The average Bonchev–Trinajstić information content (AvgIpc) is 2.60. The van der Waals surface area contributed by atoms with Crippen molar-refractivity contribution in [1.82, 2.24) is 4.90 Å². The van der Waals surface area contributed by atoms with Gasteiger partial charge in [0.1, 0.15) is 6.61 Å². The van der Waals surface area contributed by atoms with E-state index in [0.29, 0.717) is 19.7 Å². The molecule has 0 aromatic heterocycles. The summed E-state index contributed by atoms with van der Waals surface area (Å²) in [6.45, 7) is 1.46. The Morgan fingerprint density at radius 3 is 2.52 bits per heavy atom. The van der Waals surface area contributed by atoms with Gasteiger partial charge < -0.3 is 15.4 Å². The fourth-order valence-corrected chi connectivity index (χ4v) is 3.05. The molecule has 120 valence electrons. The molecule has 0 bridgehead atoms. The molecule has 1 amide bonds. The Morgan fingerprint density at radius 2 is 1.78 bits per heavy atom. The summed E-state index contributed by atoms with van der Waals surface area (Å²) in [5, 5.41) is 0. The summed E-state index contributed by atoms with van der Waals surface area (Å²) in [5.74, 6) is 0. The number of rotatable bonds is 4. The number of carbonyl (C=O) groups excluding carboxylic acids is 1. The molecule has 1 aliphatic heterocycles. The van der Waals surface area contributed by atoms with Crippen LogP contribution < -0.4 is 5.73 Å². The van der Waals surface area contributed by atoms with Crippen molar-refractivity contribution in [3.05, 3.63) is 71.3 Å². The van der Waals surface area contributed by atoms with Gasteiger partial charge in [-0.3, -0.25) is 0 Å². The van der Waals surface area contributed by atoms with Crippen LogP contribution in [0.15, 0.2) is 54.6 Å². The topological polar surface area (TPSA) is 55.6 Å². The maximum atomic E-state index is 12.5. The molecule has 4 heteroatoms. The van der Waals surface area contributed by atoms with E-state index in [-0.39, 0.29) is 12.1 Å². The highest BCUT2D eigenvalue weighted by molar-refractivity contribution is 5.68. The summed E-state index contributed by atoms with van der Waals surface area (Å²) in [4.78, 5) is 14.3. The zero-order valence-electron chi connectivity index (χ0n) is 13.2. The van der Waals surface area contributed by atoms with Gasteiger partial charge in [-0.1, -0.05) is 54.6 Å². The molecule has 1 heterocycles. The van der Waals surface area contributed by atoms with Crippen LogP contribution in [0.1, 0.15) is 23.1 Å². The molecule has 2 N–H and O–H groups in total. The number of hydrogen-bond acceptors (Lipinski definition) is 3. The number of carbonyl (C=O) groups is 1. The standard InChI is InChI=1S/C19H22N2O2/c20-11-10-18-12-16-8-4-5-9-17(16)13-21(18)19(22)23-14-15-6-2-1-3-7-15/h1-9,18H,10-14,20H2/t18-/m1/s1. The fourth-order valence-electron chi connectivity index (χ4n) is 3.05. The predicted molar refractivity (Wildman–Crippen MR) is 89.8 cm³/mol. The first kappa shape index (κ1) is 15.6. The molecule has 0 aliphatic carbocycles. The van der Waals surface area contributed by atoms with Crippen molar-refractivity contribution < 1.29 is 9.53 Å². The molecule has 23 heavy (non-hydrogen) atoms. The Balaban J connectivity index is 1.70. The Kier molecular flexibility index (Phi) is 4.93. The third-order valence-electron chi connectivity index (χ3n) is 4.29. The summed E-state index contributed by atoms with van der Waals surface area (Å²) < 4.78 is 5.51. The molecule has 2 aromatic rings. The van der Waals surface area contributed by atoms with Gasteiger partial charge in [-0.15, -0.1) is 0 Å². The van der Waals surface area contributed by atoms with Crippen LogP contribution in [0.2, 0.25) is 0 Å². The average molecular weight is 310 g/mol. The van der Waals surface area contributed by atoms with Crippen LogP contribution in [0.4, 0.5) is 4.79 Å². The molecular weight excluding hydrogens is 288 g/mol. The van der Waals surface area contributed by atoms with Crippen LogP contribution in [-0.2, 0) is 24.3 Å². The normalized spacial score (nSPS) is 16.7. The Hall–Kier alpha value is -2.33. The molecule has 0 saturated carbocycles. The first-order valence-corrected chi connectivity index (χ1v) is 8.02. The van der Waals surface area contributed by atoms with Crippen molar-refractivity contribution in [3.63, 3.8) is 0 Å². The Morgan fingerprint density at radius 1 is 1.09 bits per heavy atom. The maximum absolute atomic E-state index is 12.5. The highest BCUT2D eigenvalue weighted by Gasteiger charge is 2.30. The molecular formula is C19H22N2O2. The second-order valence-electron chi connectivity index (χ2n) is 5.87. The monoisotopic (exact) mass is 310 g/mol. The number of nitrogens with two attached hydrogens (primary N) is 1. The van der Waals surface area contributed by atoms with Gasteiger partial charge in [0.05, 0.1) is 0 Å². The highest BCUT2D eigenvalue weighted by Crippen LogP contribution is 2.25. The van der Waals surface area contributed by atoms with Gasteiger partial charge in [0.15, 0.2) is 0 Å². The molecule has 0 saturated heterocycles. The van der Waals surface area contributed by atoms with Gasteiger partial charge in [0, 0.05) is 12.6 Å². The number of fused-ring (bicyclic) bond motifs is 1. The SMILES string of the molecule is NCC[C@@H]1Cc2ccccc2CN1C(=O)OCc1ccccc1. The van der Waals surface area contributed by atoms with Crippen molar-refractivity contribution in [2.75, 3.05) is 6.54 Å². The third kappa shape index (κ3) is 3.71. The van der Waals surface area contributed by atoms with E-state index in [2.05, 4.69) is 12.1 Å². The molecule has 1 atom stereocenters. The second kappa shape index (κ2) is 7.29. The summed E-state index contributed by atoms with van der Waals surface area (Å²) >= 11 is 0. The van der Waals surface area contributed by atoms with E-state index in [1.165, 1.54) is 11.1 Å². The largest absolute Gasteiger partial charge is 0.445 e. The van der Waals surface area contributed by atoms with Crippen LogP contribution in [-0.4, -0.2) is 23.6 Å². The molecule has 3 rings (SSSR count). The molecule has 0 fully saturated rings. The third-order valence-corrected chi connectivity index (χ3v) is 4.29. The summed E-state index contributed by atoms with van der Waals surface area (Å²) in [6, 6.07) is 18.1. The van der Waals surface area contributed by atoms with Crippen molar-refractivity contribution in [1.29, 1.82) is 0 Å². The van der Waals surface area contributed by atoms with E-state index in [0.717, 1.165) is 18.4 Å². The zero-order valence-corrected chi connectivity index (χ0v) is 13.2. The quantitative estimate of drug-likeness (QED) is 0.944. The first-order valence-electron chi connectivity index (χ1n) is 8.02. The van der Waals surface area contributed by atoms with Gasteiger partial charge in [-0.2, -0.15) is 0 Å². The zero-order chi connectivity index (χ0) is 16.1. The molecule has 0 spiro atoms. The molecule has 1 aliphatic rings. The summed E-state index contributed by atoms with van der Waals surface area (Å²) in [5.41, 5.74) is 9.22. The molecule has 0 radical (unpaired) electrons. The van der Waals surface area contributed by atoms with Gasteiger partial charge >= 0.3 is 6.09 Å². The van der Waals surface area contributed by atoms with E-state index in [1.807, 2.05) is 47.4 Å². The van der Waals surface area contributed by atoms with Crippen LogP contribution >= 0.6 is 0 Å². The van der Waals surface area contributed by atoms with Crippen LogP contribution in [0, 0.1) is 0 Å². The minimum Gasteiger partial charge on any atom is -0.445 e. The number of hydrogen-bond donors (Lipinski definition) is 1. The maximum Gasteiger partial charge on any atom is 0.410 e. The van der Waals surface area contributed by atoms with Gasteiger partial charge in [0.2, 0.25) is 0 Å². The van der Waals surface area contributed by atoms with Gasteiger partial charge in [-0.25, -0.2) is 4.79 Å². The van der Waals surface area contributed by atoms with E-state index < -0.39 is 0 Å². The van der Waals surface area contributed by atoms with Crippen molar-refractivity contribution in [2.24, 2.45) is 5.73 Å². The summed E-state index contributed by atoms with van der Waals surface area (Å²) in [6.07, 6.45) is 1.37. The lowest BCUT2D eigenvalue weighted by atomic mass is 9.93. The second-order valence-corrected chi connectivity index (χ2v) is 5.87. The van der Waals surface area contributed by atoms with Crippen LogP contribution in [0.3, 0.4) is 0 Å². The van der Waals surface area contributed by atoms with E-state index >= 15 is 0 Å². The first-order chi connectivity index (χ1) is 11.3. The Labute approximate surface area is 136 Å². The minimum atomic E-state index is -0.262. The van der Waals surface area contributed by atoms with Crippen LogP contribution in [0.25, 0.3) is 0 Å². The van der Waals surface area contributed by atoms with Crippen molar-refractivity contribution >= 4 is 6.09 Å². The number of benzene rings is 2. The van der Waals surface area contributed by atoms with Gasteiger partial charge in [0.25, 0.3) is 0 Å². The summed E-state index contributed by atoms with van der Waals surface area (Å²) in [7, 11) is 0. The minimum absolute atomic E-state index is 0.109.